The minimum absolute atomic E-state index is 0.0507. The maximum Gasteiger partial charge on any atom is 0.232 e. The van der Waals surface area contributed by atoms with E-state index in [0.29, 0.717) is 44.1 Å². The zero-order chi connectivity index (χ0) is 22.1. The Labute approximate surface area is 187 Å². The van der Waals surface area contributed by atoms with Gasteiger partial charge in [0.2, 0.25) is 11.6 Å². The summed E-state index contributed by atoms with van der Waals surface area (Å²) in [6.45, 7) is 0. The zero-order valence-corrected chi connectivity index (χ0v) is 18.9. The molecule has 0 aliphatic carbocycles. The molecule has 1 N–H and O–H groups in total. The third-order valence-corrected chi connectivity index (χ3v) is 5.59. The molecule has 31 heavy (non-hydrogen) atoms. The van der Waals surface area contributed by atoms with Crippen molar-refractivity contribution in [2.45, 2.75) is 0 Å². The number of hydrogen-bond acceptors (Lipinski definition) is 7. The van der Waals surface area contributed by atoms with Crippen LogP contribution in [0.1, 0.15) is 0 Å². The number of benzene rings is 3. The van der Waals surface area contributed by atoms with Crippen LogP contribution in [0.5, 0.6) is 28.7 Å². The van der Waals surface area contributed by atoms with Gasteiger partial charge in [-0.1, -0.05) is 6.07 Å². The van der Waals surface area contributed by atoms with Gasteiger partial charge in [-0.15, -0.1) is 0 Å². The summed E-state index contributed by atoms with van der Waals surface area (Å²) in [6, 6.07) is 12.8. The highest BCUT2D eigenvalue weighted by Crippen LogP contribution is 2.46. The van der Waals surface area contributed by atoms with Crippen molar-refractivity contribution in [2.24, 2.45) is 0 Å². The SMILES string of the molecule is COc1ccc(Br)c(-c2nc3ccc(-c4ccc(OC)c(OC)c4OC)cc3o2)c1O. The van der Waals surface area contributed by atoms with Gasteiger partial charge < -0.3 is 28.5 Å². The number of halogens is 1. The second kappa shape index (κ2) is 8.39. The lowest BCUT2D eigenvalue weighted by Crippen LogP contribution is -1.96. The van der Waals surface area contributed by atoms with Gasteiger partial charge in [-0.05, 0) is 57.9 Å². The highest BCUT2D eigenvalue weighted by atomic mass is 79.9. The average molecular weight is 486 g/mol. The Morgan fingerprint density at radius 2 is 1.55 bits per heavy atom. The van der Waals surface area contributed by atoms with Gasteiger partial charge in [0.25, 0.3) is 0 Å². The lowest BCUT2D eigenvalue weighted by molar-refractivity contribution is 0.325. The summed E-state index contributed by atoms with van der Waals surface area (Å²) >= 11 is 3.45. The van der Waals surface area contributed by atoms with Crippen molar-refractivity contribution in [3.05, 3.63) is 46.9 Å². The summed E-state index contributed by atoms with van der Waals surface area (Å²) < 4.78 is 28.3. The first-order valence-electron chi connectivity index (χ1n) is 9.28. The molecule has 4 aromatic rings. The van der Waals surface area contributed by atoms with Gasteiger partial charge in [0.1, 0.15) is 5.52 Å². The number of aromatic nitrogens is 1. The van der Waals surface area contributed by atoms with E-state index in [1.165, 1.54) is 7.11 Å². The van der Waals surface area contributed by atoms with Gasteiger partial charge in [-0.3, -0.25) is 0 Å². The normalized spacial score (nSPS) is 10.9. The quantitative estimate of drug-likeness (QED) is 0.376. The van der Waals surface area contributed by atoms with E-state index in [0.717, 1.165) is 11.1 Å². The molecule has 0 saturated heterocycles. The van der Waals surface area contributed by atoms with E-state index in [4.69, 9.17) is 23.4 Å². The Morgan fingerprint density at radius 1 is 0.839 bits per heavy atom. The molecule has 0 bridgehead atoms. The van der Waals surface area contributed by atoms with Crippen LogP contribution in [0, 0.1) is 0 Å². The number of fused-ring (bicyclic) bond motifs is 1. The smallest absolute Gasteiger partial charge is 0.232 e. The highest BCUT2D eigenvalue weighted by molar-refractivity contribution is 9.10. The van der Waals surface area contributed by atoms with Gasteiger partial charge in [0, 0.05) is 10.0 Å². The largest absolute Gasteiger partial charge is 0.504 e. The summed E-state index contributed by atoms with van der Waals surface area (Å²) in [5.74, 6) is 2.18. The average Bonchev–Trinajstić information content (AvgIpc) is 3.20. The molecule has 0 unspecified atom stereocenters. The monoisotopic (exact) mass is 485 g/mol. The molecule has 0 fully saturated rings. The lowest BCUT2D eigenvalue weighted by atomic mass is 10.0. The Kier molecular flexibility index (Phi) is 5.65. The first-order valence-corrected chi connectivity index (χ1v) is 10.1. The summed E-state index contributed by atoms with van der Waals surface area (Å²) in [6.07, 6.45) is 0. The minimum Gasteiger partial charge on any atom is -0.504 e. The summed E-state index contributed by atoms with van der Waals surface area (Å²) in [7, 11) is 6.20. The summed E-state index contributed by atoms with van der Waals surface area (Å²) in [5, 5.41) is 10.6. The molecule has 0 radical (unpaired) electrons. The fraction of sp³-hybridized carbons (Fsp3) is 0.174. The van der Waals surface area contributed by atoms with Crippen molar-refractivity contribution >= 4 is 27.0 Å². The van der Waals surface area contributed by atoms with E-state index in [1.54, 1.807) is 33.5 Å². The zero-order valence-electron chi connectivity index (χ0n) is 17.4. The van der Waals surface area contributed by atoms with Gasteiger partial charge in [0.15, 0.2) is 28.6 Å². The number of aromatic hydroxyl groups is 1. The third-order valence-electron chi connectivity index (χ3n) is 4.93. The number of phenolic OH excluding ortho intramolecular Hbond substituents is 1. The van der Waals surface area contributed by atoms with Crippen LogP contribution in [0.25, 0.3) is 33.7 Å². The van der Waals surface area contributed by atoms with Crippen LogP contribution >= 0.6 is 15.9 Å². The fourth-order valence-corrected chi connectivity index (χ4v) is 3.93. The molecule has 0 spiro atoms. The van der Waals surface area contributed by atoms with E-state index in [2.05, 4.69) is 20.9 Å². The molecular weight excluding hydrogens is 466 g/mol. The van der Waals surface area contributed by atoms with Crippen molar-refractivity contribution in [1.82, 2.24) is 4.98 Å². The fourth-order valence-electron chi connectivity index (χ4n) is 3.44. The van der Waals surface area contributed by atoms with E-state index >= 15 is 0 Å². The van der Waals surface area contributed by atoms with E-state index in [9.17, 15) is 5.11 Å². The maximum absolute atomic E-state index is 10.6. The van der Waals surface area contributed by atoms with Crippen LogP contribution in [0.15, 0.2) is 51.4 Å². The number of ether oxygens (including phenoxy) is 4. The van der Waals surface area contributed by atoms with Crippen molar-refractivity contribution in [1.29, 1.82) is 0 Å². The maximum atomic E-state index is 10.6. The van der Waals surface area contributed by atoms with Crippen LogP contribution in [-0.4, -0.2) is 38.5 Å². The first-order chi connectivity index (χ1) is 15.0. The molecule has 8 heteroatoms. The molecule has 7 nitrogen and oxygen atoms in total. The molecule has 0 amide bonds. The number of hydrogen-bond donors (Lipinski definition) is 1. The molecule has 0 aliphatic heterocycles. The van der Waals surface area contributed by atoms with Crippen LogP contribution in [-0.2, 0) is 0 Å². The van der Waals surface area contributed by atoms with Crippen molar-refractivity contribution in [3.8, 4) is 51.3 Å². The van der Waals surface area contributed by atoms with Crippen LogP contribution in [0.2, 0.25) is 0 Å². The number of oxazole rings is 1. The molecular formula is C23H20BrNO6. The number of phenols is 1. The predicted octanol–water partition coefficient (Wildman–Crippen LogP) is 5.66. The highest BCUT2D eigenvalue weighted by Gasteiger charge is 2.21. The molecule has 0 atom stereocenters. The first kappa shape index (κ1) is 20.9. The van der Waals surface area contributed by atoms with E-state index < -0.39 is 0 Å². The van der Waals surface area contributed by atoms with Crippen molar-refractivity contribution in [2.75, 3.05) is 28.4 Å². The van der Waals surface area contributed by atoms with Crippen molar-refractivity contribution < 1.29 is 28.5 Å². The van der Waals surface area contributed by atoms with Gasteiger partial charge in [-0.2, -0.15) is 0 Å². The molecule has 1 heterocycles. The Morgan fingerprint density at radius 3 is 2.23 bits per heavy atom. The number of nitrogens with zero attached hydrogens (tertiary/aromatic N) is 1. The molecule has 3 aromatic carbocycles. The minimum atomic E-state index is -0.0507. The molecule has 160 valence electrons. The van der Waals surface area contributed by atoms with E-state index in [1.807, 2.05) is 30.3 Å². The second-order valence-corrected chi connectivity index (χ2v) is 7.41. The van der Waals surface area contributed by atoms with Crippen LogP contribution in [0.3, 0.4) is 0 Å². The second-order valence-electron chi connectivity index (χ2n) is 6.56. The molecule has 0 aliphatic rings. The van der Waals surface area contributed by atoms with Crippen LogP contribution in [0.4, 0.5) is 0 Å². The van der Waals surface area contributed by atoms with Crippen LogP contribution < -0.4 is 18.9 Å². The number of rotatable bonds is 6. The molecule has 4 rings (SSSR count). The standard InChI is InChI=1S/C23H20BrNO6/c1-27-16-10-7-14(24)19(20(16)26)23-25-15-8-5-12(11-18(15)31-23)13-6-9-17(28-2)22(30-4)21(13)29-3/h5-11,26H,1-4H3. The Bertz CT molecular complexity index is 1270. The predicted molar refractivity (Wildman–Crippen MR) is 120 cm³/mol. The molecule has 0 saturated carbocycles. The summed E-state index contributed by atoms with van der Waals surface area (Å²) in [4.78, 5) is 4.53. The Hall–Kier alpha value is -3.39. The Balaban J connectivity index is 1.85. The topological polar surface area (TPSA) is 83.2 Å². The van der Waals surface area contributed by atoms with Gasteiger partial charge in [-0.25, -0.2) is 4.98 Å². The lowest BCUT2D eigenvalue weighted by Gasteiger charge is -2.15. The number of methoxy groups -OCH3 is 4. The van der Waals surface area contributed by atoms with Gasteiger partial charge in [0.05, 0.1) is 34.0 Å². The third kappa shape index (κ3) is 3.53. The van der Waals surface area contributed by atoms with Gasteiger partial charge >= 0.3 is 0 Å². The van der Waals surface area contributed by atoms with Crippen molar-refractivity contribution in [3.63, 3.8) is 0 Å². The summed E-state index contributed by atoms with van der Waals surface area (Å²) in [5.41, 5.74) is 3.28. The van der Waals surface area contributed by atoms with E-state index in [-0.39, 0.29) is 11.6 Å². The molecule has 1 aromatic heterocycles.